The Kier molecular flexibility index (Phi) is 6.38. The highest BCUT2D eigenvalue weighted by Gasteiger charge is 2.59. The fourth-order valence-corrected chi connectivity index (χ4v) is 5.13. The summed E-state index contributed by atoms with van der Waals surface area (Å²) in [6.07, 6.45) is -5.29. The van der Waals surface area contributed by atoms with Gasteiger partial charge in [0.05, 0.1) is 19.3 Å². The van der Waals surface area contributed by atoms with Crippen LogP contribution in [0.2, 0.25) is 5.02 Å². The normalized spacial score (nSPS) is 32.0. The van der Waals surface area contributed by atoms with Crippen LogP contribution in [0.25, 0.3) is 0 Å². The highest BCUT2D eigenvalue weighted by atomic mass is 35.5. The molecule has 3 heterocycles. The van der Waals surface area contributed by atoms with Gasteiger partial charge in [-0.05, 0) is 23.8 Å². The summed E-state index contributed by atoms with van der Waals surface area (Å²) in [5, 5.41) is 21.6. The van der Waals surface area contributed by atoms with Crippen LogP contribution in [0.15, 0.2) is 41.3 Å². The van der Waals surface area contributed by atoms with Crippen molar-refractivity contribution in [3.05, 3.63) is 57.6 Å². The molecule has 2 fully saturated rings. The number of ether oxygens (including phenoxy) is 1. The number of halogens is 3. The number of anilines is 1. The number of hydrogen-bond acceptors (Lipinski definition) is 8. The van der Waals surface area contributed by atoms with Crippen molar-refractivity contribution in [2.75, 3.05) is 18.3 Å². The third kappa shape index (κ3) is 4.44. The molecule has 2 saturated heterocycles. The van der Waals surface area contributed by atoms with E-state index in [2.05, 4.69) is 10.1 Å². The van der Waals surface area contributed by atoms with Crippen LogP contribution < -0.4 is 10.8 Å². The Balaban J connectivity index is 1.52. The lowest BCUT2D eigenvalue weighted by Gasteiger charge is -2.30. The van der Waals surface area contributed by atoms with Crippen LogP contribution in [-0.2, 0) is 18.3 Å². The largest absolute Gasteiger partial charge is 0.434 e. The van der Waals surface area contributed by atoms with Crippen molar-refractivity contribution in [2.45, 2.75) is 36.9 Å². The van der Waals surface area contributed by atoms with Crippen LogP contribution in [0.3, 0.4) is 0 Å². The minimum atomic E-state index is -3.94. The van der Waals surface area contributed by atoms with Gasteiger partial charge in [0, 0.05) is 17.6 Å². The summed E-state index contributed by atoms with van der Waals surface area (Å²) in [4.78, 5) is 16.0. The minimum absolute atomic E-state index is 0.0844. The van der Waals surface area contributed by atoms with E-state index in [1.165, 1.54) is 0 Å². The molecule has 174 valence electrons. The highest BCUT2D eigenvalue weighted by Crippen LogP contribution is 2.55. The fourth-order valence-electron chi connectivity index (χ4n) is 3.44. The SMILES string of the molecule is O=c1nc(N[P@@]2(=O)OCC[C@@H](c3cccc(Cl)c3)O2)ccn1[C@@H]1O[C@H](CO)[C@@H](O)C1(F)F. The number of aliphatic hydroxyl groups excluding tert-OH is 2. The molecule has 0 aliphatic carbocycles. The summed E-state index contributed by atoms with van der Waals surface area (Å²) in [6, 6.07) is 7.92. The predicted octanol–water partition coefficient (Wildman–Crippen LogP) is 2.48. The van der Waals surface area contributed by atoms with E-state index in [0.717, 1.165) is 12.3 Å². The van der Waals surface area contributed by atoms with Crippen LogP contribution in [0.5, 0.6) is 0 Å². The number of aliphatic hydroxyl groups is 2. The molecule has 1 aromatic heterocycles. The molecule has 10 nitrogen and oxygen atoms in total. The van der Waals surface area contributed by atoms with Crippen molar-refractivity contribution in [1.82, 2.24) is 9.55 Å². The van der Waals surface area contributed by atoms with Gasteiger partial charge in [0.2, 0.25) is 6.23 Å². The molecular formula is C18H19ClF2N3O7P. The second-order valence-corrected chi connectivity index (χ2v) is 9.34. The van der Waals surface area contributed by atoms with Crippen molar-refractivity contribution >= 4 is 25.2 Å². The summed E-state index contributed by atoms with van der Waals surface area (Å²) in [6.45, 7) is -0.776. The van der Waals surface area contributed by atoms with Crippen LogP contribution in [0.4, 0.5) is 14.6 Å². The monoisotopic (exact) mass is 493 g/mol. The standard InChI is InChI=1S/C18H19ClF2N3O7P/c19-11-3-1-2-10(8-11)12-5-7-29-32(28,31-12)23-14-4-6-24(17(27)22-14)16-18(20,21)15(26)13(9-25)30-16/h1-4,6,8,12-13,15-16,25-26H,5,7,9H2,(H,22,23,27,28)/t12-,13+,15+,16+,32+/m0/s1. The third-order valence-corrected chi connectivity index (χ3v) is 6.81. The van der Waals surface area contributed by atoms with Gasteiger partial charge in [-0.15, -0.1) is 0 Å². The average molecular weight is 494 g/mol. The van der Waals surface area contributed by atoms with Gasteiger partial charge in [-0.1, -0.05) is 23.7 Å². The van der Waals surface area contributed by atoms with E-state index >= 15 is 0 Å². The predicted molar refractivity (Wildman–Crippen MR) is 108 cm³/mol. The molecule has 32 heavy (non-hydrogen) atoms. The molecule has 3 N–H and O–H groups in total. The molecule has 0 bridgehead atoms. The number of rotatable bonds is 5. The molecule has 14 heteroatoms. The van der Waals surface area contributed by atoms with E-state index in [4.69, 9.17) is 30.5 Å². The zero-order valence-corrected chi connectivity index (χ0v) is 18.0. The van der Waals surface area contributed by atoms with Gasteiger partial charge in [0.1, 0.15) is 11.9 Å². The molecular weight excluding hydrogens is 475 g/mol. The lowest BCUT2D eigenvalue weighted by Crippen LogP contribution is -2.41. The Morgan fingerprint density at radius 2 is 2.16 bits per heavy atom. The first-order valence-corrected chi connectivity index (χ1v) is 11.4. The molecule has 2 aliphatic rings. The second-order valence-electron chi connectivity index (χ2n) is 7.21. The summed E-state index contributed by atoms with van der Waals surface area (Å²) in [7, 11) is -3.94. The molecule has 0 radical (unpaired) electrons. The quantitative estimate of drug-likeness (QED) is 0.537. The van der Waals surface area contributed by atoms with E-state index in [-0.39, 0.29) is 12.4 Å². The van der Waals surface area contributed by atoms with Gasteiger partial charge in [-0.2, -0.15) is 13.8 Å². The average Bonchev–Trinajstić information content (AvgIpc) is 2.97. The summed E-state index contributed by atoms with van der Waals surface area (Å²) in [5.74, 6) is -4.08. The van der Waals surface area contributed by atoms with Crippen LogP contribution in [0, 0.1) is 0 Å². The van der Waals surface area contributed by atoms with Crippen molar-refractivity contribution in [2.24, 2.45) is 0 Å². The lowest BCUT2D eigenvalue weighted by molar-refractivity contribution is -0.140. The molecule has 2 aromatic rings. The van der Waals surface area contributed by atoms with Gasteiger partial charge in [-0.3, -0.25) is 18.7 Å². The first-order chi connectivity index (χ1) is 15.1. The first-order valence-electron chi connectivity index (χ1n) is 9.51. The first kappa shape index (κ1) is 23.2. The molecule has 1 aromatic carbocycles. The topological polar surface area (TPSA) is 132 Å². The fraction of sp³-hybridized carbons (Fsp3) is 0.444. The number of benzene rings is 1. The number of alkyl halides is 2. The van der Waals surface area contributed by atoms with Gasteiger partial charge in [0.15, 0.2) is 6.10 Å². The van der Waals surface area contributed by atoms with Gasteiger partial charge < -0.3 is 14.9 Å². The Morgan fingerprint density at radius 1 is 1.38 bits per heavy atom. The smallest absolute Gasteiger partial charge is 0.394 e. The van der Waals surface area contributed by atoms with E-state index in [1.54, 1.807) is 24.3 Å². The molecule has 5 atom stereocenters. The molecule has 0 unspecified atom stereocenters. The van der Waals surface area contributed by atoms with E-state index in [1.807, 2.05) is 0 Å². The maximum Gasteiger partial charge on any atom is 0.434 e. The maximum absolute atomic E-state index is 14.3. The van der Waals surface area contributed by atoms with Crippen LogP contribution >= 0.6 is 19.3 Å². The van der Waals surface area contributed by atoms with E-state index in [0.29, 0.717) is 21.6 Å². The zero-order valence-electron chi connectivity index (χ0n) is 16.3. The highest BCUT2D eigenvalue weighted by molar-refractivity contribution is 7.55. The minimum Gasteiger partial charge on any atom is -0.394 e. The van der Waals surface area contributed by atoms with Gasteiger partial charge in [0.25, 0.3) is 0 Å². The summed E-state index contributed by atoms with van der Waals surface area (Å²) in [5.41, 5.74) is -0.482. The molecule has 0 spiro atoms. The van der Waals surface area contributed by atoms with Gasteiger partial charge in [-0.25, -0.2) is 9.36 Å². The van der Waals surface area contributed by atoms with E-state index in [9.17, 15) is 23.2 Å². The van der Waals surface area contributed by atoms with Crippen LogP contribution in [0.1, 0.15) is 24.3 Å². The third-order valence-electron chi connectivity index (χ3n) is 5.02. The number of nitrogens with one attached hydrogen (secondary N) is 1. The van der Waals surface area contributed by atoms with Crippen molar-refractivity contribution in [3.63, 3.8) is 0 Å². The van der Waals surface area contributed by atoms with Crippen molar-refractivity contribution in [1.29, 1.82) is 0 Å². The van der Waals surface area contributed by atoms with Crippen molar-refractivity contribution in [3.8, 4) is 0 Å². The van der Waals surface area contributed by atoms with Gasteiger partial charge >= 0.3 is 19.4 Å². The lowest BCUT2D eigenvalue weighted by atomic mass is 10.1. The number of nitrogens with zero attached hydrogens (tertiary/aromatic N) is 2. The number of hydrogen-bond donors (Lipinski definition) is 3. The summed E-state index contributed by atoms with van der Waals surface area (Å²) >= 11 is 5.99. The second kappa shape index (κ2) is 8.79. The van der Waals surface area contributed by atoms with Crippen LogP contribution in [-0.4, -0.2) is 51.1 Å². The van der Waals surface area contributed by atoms with E-state index < -0.39 is 50.5 Å². The Hall–Kier alpha value is -1.92. The van der Waals surface area contributed by atoms with Crippen molar-refractivity contribution < 1.29 is 37.3 Å². The molecule has 0 amide bonds. The zero-order chi connectivity index (χ0) is 23.1. The molecule has 0 saturated carbocycles. The molecule has 2 aliphatic heterocycles. The Bertz CT molecular complexity index is 1100. The molecule has 4 rings (SSSR count). The maximum atomic E-state index is 14.3. The Labute approximate surface area is 185 Å². The number of aromatic nitrogens is 2. The summed E-state index contributed by atoms with van der Waals surface area (Å²) < 4.78 is 57.8. The Morgan fingerprint density at radius 3 is 2.81 bits per heavy atom.